The van der Waals surface area contributed by atoms with Crippen molar-refractivity contribution in [3.05, 3.63) is 53.3 Å². The predicted octanol–water partition coefficient (Wildman–Crippen LogP) is 4.19. The molecule has 1 fully saturated rings. The first-order chi connectivity index (χ1) is 15.7. The smallest absolute Gasteiger partial charge is 0.247 e. The lowest BCUT2D eigenvalue weighted by atomic mass is 9.99. The van der Waals surface area contributed by atoms with Gasteiger partial charge in [0, 0.05) is 61.6 Å². The molecule has 2 N–H and O–H groups in total. The third-order valence-corrected chi connectivity index (χ3v) is 6.62. The van der Waals surface area contributed by atoms with Crippen molar-refractivity contribution in [2.24, 2.45) is 5.92 Å². The van der Waals surface area contributed by atoms with E-state index in [1.807, 2.05) is 36.1 Å². The minimum Gasteiger partial charge on any atom is -0.373 e. The number of hydrogen-bond donors (Lipinski definition) is 2. The number of amides is 2. The van der Waals surface area contributed by atoms with Crippen LogP contribution in [0.5, 0.6) is 0 Å². The van der Waals surface area contributed by atoms with Gasteiger partial charge in [-0.1, -0.05) is 26.0 Å². The van der Waals surface area contributed by atoms with Crippen LogP contribution in [-0.2, 0) is 16.0 Å². The summed E-state index contributed by atoms with van der Waals surface area (Å²) in [4.78, 5) is 29.3. The fraction of sp³-hybridized carbons (Fsp3) is 0.462. The number of rotatable bonds is 5. The van der Waals surface area contributed by atoms with Gasteiger partial charge >= 0.3 is 0 Å². The van der Waals surface area contributed by atoms with E-state index in [0.717, 1.165) is 36.4 Å². The third kappa shape index (κ3) is 4.97. The normalized spacial score (nSPS) is 19.9. The Balaban J connectivity index is 1.44. The average Bonchev–Trinajstić information content (AvgIpc) is 3.23. The van der Waals surface area contributed by atoms with Crippen LogP contribution in [0.25, 0.3) is 0 Å². The molecular formula is C26H33FN4O2. The van der Waals surface area contributed by atoms with E-state index in [0.29, 0.717) is 30.1 Å². The Hall–Kier alpha value is -3.09. The Kier molecular flexibility index (Phi) is 6.58. The van der Waals surface area contributed by atoms with Gasteiger partial charge in [-0.3, -0.25) is 9.59 Å². The first-order valence-corrected chi connectivity index (χ1v) is 11.7. The SMILES string of the molecule is CC(=O)N1CCN(c2cccc(NC(=O)C3Cc4c(F)ccc(C)c4N3)c2)CC1CC(C)C. The number of aryl methyl sites for hydroxylation is 1. The van der Waals surface area contributed by atoms with Gasteiger partial charge in [0.2, 0.25) is 11.8 Å². The number of carbonyl (C=O) groups is 2. The first-order valence-electron chi connectivity index (χ1n) is 11.7. The largest absolute Gasteiger partial charge is 0.373 e. The standard InChI is InChI=1S/C26H33FN4O2/c1-16(2)12-21-15-30(10-11-31(21)18(4)32)20-7-5-6-19(13-20)28-26(33)24-14-22-23(27)9-8-17(3)25(22)29-24/h5-9,13,16,21,24,29H,10-12,14-15H2,1-4H3,(H,28,33). The van der Waals surface area contributed by atoms with Crippen LogP contribution in [0.1, 0.15) is 38.3 Å². The zero-order valence-electron chi connectivity index (χ0n) is 19.8. The van der Waals surface area contributed by atoms with E-state index in [4.69, 9.17) is 0 Å². The lowest BCUT2D eigenvalue weighted by molar-refractivity contribution is -0.131. The van der Waals surface area contributed by atoms with Gasteiger partial charge in [0.15, 0.2) is 0 Å². The quantitative estimate of drug-likeness (QED) is 0.714. The molecule has 1 saturated heterocycles. The van der Waals surface area contributed by atoms with Crippen LogP contribution in [0.2, 0.25) is 0 Å². The van der Waals surface area contributed by atoms with Crippen LogP contribution >= 0.6 is 0 Å². The molecule has 7 heteroatoms. The average molecular weight is 453 g/mol. The number of nitrogens with one attached hydrogen (secondary N) is 2. The summed E-state index contributed by atoms with van der Waals surface area (Å²) in [5, 5.41) is 6.17. The van der Waals surface area contributed by atoms with Crippen molar-refractivity contribution in [1.29, 1.82) is 0 Å². The summed E-state index contributed by atoms with van der Waals surface area (Å²) in [6.07, 6.45) is 1.29. The van der Waals surface area contributed by atoms with Crippen LogP contribution in [0.4, 0.5) is 21.5 Å². The molecule has 4 rings (SSSR count). The first kappa shape index (κ1) is 23.1. The fourth-order valence-electron chi connectivity index (χ4n) is 4.99. The second-order valence-corrected chi connectivity index (χ2v) is 9.60. The van der Waals surface area contributed by atoms with Gasteiger partial charge in [0.25, 0.3) is 0 Å². The predicted molar refractivity (Wildman–Crippen MR) is 130 cm³/mol. The Labute approximate surface area is 195 Å². The van der Waals surface area contributed by atoms with Crippen molar-refractivity contribution >= 4 is 28.9 Å². The summed E-state index contributed by atoms with van der Waals surface area (Å²) in [5.41, 5.74) is 3.97. The number of piperazine rings is 1. The number of halogens is 1. The van der Waals surface area contributed by atoms with Crippen molar-refractivity contribution in [3.63, 3.8) is 0 Å². The van der Waals surface area contributed by atoms with Gasteiger partial charge in [-0.05, 0) is 49.1 Å². The van der Waals surface area contributed by atoms with Crippen molar-refractivity contribution in [2.45, 2.75) is 52.6 Å². The molecule has 0 aliphatic carbocycles. The molecule has 0 aromatic heterocycles. The lowest BCUT2D eigenvalue weighted by Crippen LogP contribution is -2.55. The molecular weight excluding hydrogens is 419 g/mol. The van der Waals surface area contributed by atoms with Gasteiger partial charge < -0.3 is 20.4 Å². The minimum atomic E-state index is -0.506. The highest BCUT2D eigenvalue weighted by atomic mass is 19.1. The monoisotopic (exact) mass is 452 g/mol. The zero-order chi connectivity index (χ0) is 23.7. The van der Waals surface area contributed by atoms with Crippen molar-refractivity contribution < 1.29 is 14.0 Å². The van der Waals surface area contributed by atoms with Gasteiger partial charge in [0.05, 0.1) is 0 Å². The maximum Gasteiger partial charge on any atom is 0.247 e. The second-order valence-electron chi connectivity index (χ2n) is 9.60. The highest BCUT2D eigenvalue weighted by Crippen LogP contribution is 2.32. The highest BCUT2D eigenvalue weighted by Gasteiger charge is 2.31. The van der Waals surface area contributed by atoms with Crippen molar-refractivity contribution in [2.75, 3.05) is 35.2 Å². The number of nitrogens with zero attached hydrogens (tertiary/aromatic N) is 2. The van der Waals surface area contributed by atoms with E-state index in [1.165, 1.54) is 6.07 Å². The van der Waals surface area contributed by atoms with Gasteiger partial charge in [-0.15, -0.1) is 0 Å². The molecule has 2 heterocycles. The number of hydrogen-bond acceptors (Lipinski definition) is 4. The van der Waals surface area contributed by atoms with Crippen LogP contribution in [0.15, 0.2) is 36.4 Å². The fourth-order valence-corrected chi connectivity index (χ4v) is 4.99. The summed E-state index contributed by atoms with van der Waals surface area (Å²) >= 11 is 0. The van der Waals surface area contributed by atoms with Crippen molar-refractivity contribution in [3.8, 4) is 0 Å². The van der Waals surface area contributed by atoms with E-state index < -0.39 is 6.04 Å². The van der Waals surface area contributed by atoms with E-state index >= 15 is 0 Å². The maximum absolute atomic E-state index is 14.2. The molecule has 0 saturated carbocycles. The summed E-state index contributed by atoms with van der Waals surface area (Å²) in [6, 6.07) is 10.7. The number of benzene rings is 2. The molecule has 2 atom stereocenters. The van der Waals surface area contributed by atoms with Crippen LogP contribution in [0.3, 0.4) is 0 Å². The summed E-state index contributed by atoms with van der Waals surface area (Å²) in [5.74, 6) is 0.166. The molecule has 0 spiro atoms. The molecule has 2 amide bonds. The Bertz CT molecular complexity index is 1020. The Morgan fingerprint density at radius 3 is 2.70 bits per heavy atom. The molecule has 2 aromatic carbocycles. The maximum atomic E-state index is 14.2. The van der Waals surface area contributed by atoms with E-state index in [9.17, 15) is 14.0 Å². The molecule has 0 bridgehead atoms. The summed E-state index contributed by atoms with van der Waals surface area (Å²) < 4.78 is 14.2. The van der Waals surface area contributed by atoms with Crippen LogP contribution in [0, 0.1) is 18.7 Å². The third-order valence-electron chi connectivity index (χ3n) is 6.62. The van der Waals surface area contributed by atoms with Crippen LogP contribution in [-0.4, -0.2) is 48.4 Å². The molecule has 33 heavy (non-hydrogen) atoms. The molecule has 2 aromatic rings. The minimum absolute atomic E-state index is 0.123. The second kappa shape index (κ2) is 9.41. The topological polar surface area (TPSA) is 64.7 Å². The Morgan fingerprint density at radius 1 is 1.21 bits per heavy atom. The van der Waals surface area contributed by atoms with E-state index in [-0.39, 0.29) is 23.7 Å². The highest BCUT2D eigenvalue weighted by molar-refractivity contribution is 5.98. The molecule has 0 radical (unpaired) electrons. The molecule has 176 valence electrons. The van der Waals surface area contributed by atoms with Crippen molar-refractivity contribution in [1.82, 2.24) is 4.90 Å². The summed E-state index contributed by atoms with van der Waals surface area (Å²) in [7, 11) is 0. The van der Waals surface area contributed by atoms with Gasteiger partial charge in [-0.2, -0.15) is 0 Å². The molecule has 2 unspecified atom stereocenters. The van der Waals surface area contributed by atoms with Crippen LogP contribution < -0.4 is 15.5 Å². The number of carbonyl (C=O) groups excluding carboxylic acids is 2. The van der Waals surface area contributed by atoms with Gasteiger partial charge in [0.1, 0.15) is 11.9 Å². The lowest BCUT2D eigenvalue weighted by Gasteiger charge is -2.43. The molecule has 2 aliphatic rings. The van der Waals surface area contributed by atoms with Gasteiger partial charge in [-0.25, -0.2) is 4.39 Å². The number of fused-ring (bicyclic) bond motifs is 1. The van der Waals surface area contributed by atoms with E-state index in [2.05, 4.69) is 29.4 Å². The molecule has 6 nitrogen and oxygen atoms in total. The molecule has 2 aliphatic heterocycles. The number of anilines is 3. The Morgan fingerprint density at radius 2 is 2.00 bits per heavy atom. The zero-order valence-corrected chi connectivity index (χ0v) is 19.8. The summed E-state index contributed by atoms with van der Waals surface area (Å²) in [6.45, 7) is 10.1. The van der Waals surface area contributed by atoms with E-state index in [1.54, 1.807) is 13.0 Å².